The maximum absolute atomic E-state index is 12.4. The van der Waals surface area contributed by atoms with Gasteiger partial charge >= 0.3 is 0 Å². The number of nitrogens with zero attached hydrogens (tertiary/aromatic N) is 3. The third-order valence-electron chi connectivity index (χ3n) is 5.51. The second kappa shape index (κ2) is 10.2. The van der Waals surface area contributed by atoms with Gasteiger partial charge in [0.1, 0.15) is 12.6 Å². The number of carbonyl (C=O) groups excluding carboxylic acids is 1. The van der Waals surface area contributed by atoms with Crippen LogP contribution in [-0.4, -0.2) is 33.5 Å². The minimum Gasteiger partial charge on any atom is -0.493 e. The number of fused-ring (bicyclic) bond motifs is 1. The molecule has 1 aliphatic rings. The van der Waals surface area contributed by atoms with E-state index in [9.17, 15) is 4.79 Å². The van der Waals surface area contributed by atoms with E-state index in [0.717, 1.165) is 23.3 Å². The fourth-order valence-electron chi connectivity index (χ4n) is 3.95. The Balaban J connectivity index is 1.68. The molecule has 0 fully saturated rings. The lowest BCUT2D eigenvalue weighted by Crippen LogP contribution is -2.31. The van der Waals surface area contributed by atoms with E-state index in [2.05, 4.69) is 28.4 Å². The van der Waals surface area contributed by atoms with Gasteiger partial charge in [0.25, 0.3) is 0 Å². The van der Waals surface area contributed by atoms with Crippen LogP contribution in [0, 0.1) is 6.92 Å². The van der Waals surface area contributed by atoms with Crippen molar-refractivity contribution in [2.75, 3.05) is 18.2 Å². The van der Waals surface area contributed by atoms with Crippen molar-refractivity contribution in [3.63, 3.8) is 0 Å². The van der Waals surface area contributed by atoms with Gasteiger partial charge in [-0.25, -0.2) is 4.68 Å². The lowest BCUT2D eigenvalue weighted by molar-refractivity contribution is -0.115. The summed E-state index contributed by atoms with van der Waals surface area (Å²) in [5.41, 5.74) is 9.93. The summed E-state index contributed by atoms with van der Waals surface area (Å²) < 4.78 is 13.4. The van der Waals surface area contributed by atoms with E-state index >= 15 is 0 Å². The fourth-order valence-corrected chi connectivity index (χ4v) is 4.63. The number of methoxy groups -OCH3 is 1. The minimum absolute atomic E-state index is 0.418. The Morgan fingerprint density at radius 1 is 1.21 bits per heavy atom. The molecule has 1 unspecified atom stereocenters. The van der Waals surface area contributed by atoms with Crippen molar-refractivity contribution < 1.29 is 14.3 Å². The second-order valence-corrected chi connectivity index (χ2v) is 9.19. The molecule has 1 atom stereocenters. The number of rotatable bonds is 9. The van der Waals surface area contributed by atoms with Crippen LogP contribution in [0.3, 0.4) is 0 Å². The van der Waals surface area contributed by atoms with Gasteiger partial charge in [0.2, 0.25) is 17.0 Å². The maximum Gasteiger partial charge on any atom is 0.248 e. The van der Waals surface area contributed by atoms with Crippen LogP contribution < -0.4 is 20.5 Å². The minimum atomic E-state index is -0.531. The van der Waals surface area contributed by atoms with Crippen LogP contribution in [0.2, 0.25) is 0 Å². The van der Waals surface area contributed by atoms with E-state index in [4.69, 9.17) is 15.2 Å². The molecule has 178 valence electrons. The van der Waals surface area contributed by atoms with E-state index in [1.807, 2.05) is 50.2 Å². The number of primary amides is 1. The summed E-state index contributed by atoms with van der Waals surface area (Å²) in [6.45, 7) is 6.40. The highest BCUT2D eigenvalue weighted by molar-refractivity contribution is 7.99. The summed E-state index contributed by atoms with van der Waals surface area (Å²) in [4.78, 5) is 17.0. The Morgan fingerprint density at radius 3 is 2.74 bits per heavy atom. The average Bonchev–Trinajstić information content (AvgIpc) is 3.22. The van der Waals surface area contributed by atoms with Gasteiger partial charge in [-0.3, -0.25) is 4.79 Å². The van der Waals surface area contributed by atoms with Gasteiger partial charge in [-0.15, -0.1) is 5.10 Å². The van der Waals surface area contributed by atoms with Crippen LogP contribution in [-0.2, 0) is 11.4 Å². The number of thioether (sulfide) groups is 1. The molecule has 9 heteroatoms. The van der Waals surface area contributed by atoms with Crippen molar-refractivity contribution in [2.24, 2.45) is 5.73 Å². The van der Waals surface area contributed by atoms with Gasteiger partial charge in [-0.1, -0.05) is 54.6 Å². The third-order valence-corrected chi connectivity index (χ3v) is 6.56. The Labute approximate surface area is 203 Å². The number of hydrogen-bond donors (Lipinski definition) is 2. The summed E-state index contributed by atoms with van der Waals surface area (Å²) in [7, 11) is 1.59. The summed E-state index contributed by atoms with van der Waals surface area (Å²) in [5, 5.41) is 8.49. The lowest BCUT2D eigenvalue weighted by atomic mass is 9.95. The van der Waals surface area contributed by atoms with Crippen LogP contribution in [0.25, 0.3) is 0 Å². The summed E-state index contributed by atoms with van der Waals surface area (Å²) in [5.74, 6) is 2.14. The number of nitrogens with one attached hydrogen (secondary N) is 1. The van der Waals surface area contributed by atoms with Crippen molar-refractivity contribution in [1.82, 2.24) is 14.8 Å². The van der Waals surface area contributed by atoms with Crippen LogP contribution in [0.15, 0.2) is 58.9 Å². The largest absolute Gasteiger partial charge is 0.493 e. The molecule has 8 nitrogen and oxygen atoms in total. The molecule has 0 radical (unpaired) electrons. The topological polar surface area (TPSA) is 104 Å². The van der Waals surface area contributed by atoms with Crippen LogP contribution in [0.1, 0.15) is 43.0 Å². The first kappa shape index (κ1) is 23.7. The highest BCUT2D eigenvalue weighted by Crippen LogP contribution is 2.39. The summed E-state index contributed by atoms with van der Waals surface area (Å²) in [6, 6.07) is 13.3. The number of benzene rings is 2. The van der Waals surface area contributed by atoms with Crippen LogP contribution in [0.5, 0.6) is 11.5 Å². The maximum atomic E-state index is 12.4. The van der Waals surface area contributed by atoms with Gasteiger partial charge in [0.05, 0.1) is 12.7 Å². The van der Waals surface area contributed by atoms with Gasteiger partial charge < -0.3 is 20.5 Å². The molecule has 3 N–H and O–H groups in total. The van der Waals surface area contributed by atoms with Gasteiger partial charge in [-0.05, 0) is 43.5 Å². The van der Waals surface area contributed by atoms with Gasteiger partial charge in [0.15, 0.2) is 11.5 Å². The molecule has 1 amide bonds. The monoisotopic (exact) mass is 479 g/mol. The SMILES string of the molecule is CCCSc1nc2n(n1)C(c1ccc(OCc3cccc(C)c3)c(OC)c1)C(C(N)=O)=C(C)N2. The molecule has 1 aliphatic heterocycles. The summed E-state index contributed by atoms with van der Waals surface area (Å²) >= 11 is 1.58. The molecule has 4 rings (SSSR count). The number of amides is 1. The molecule has 2 aromatic carbocycles. The molecular weight excluding hydrogens is 450 g/mol. The molecule has 0 bridgehead atoms. The fraction of sp³-hybridized carbons (Fsp3) is 0.320. The molecule has 0 saturated heterocycles. The van der Waals surface area contributed by atoms with E-state index < -0.39 is 11.9 Å². The quantitative estimate of drug-likeness (QED) is 0.437. The molecule has 0 aliphatic carbocycles. The third kappa shape index (κ3) is 4.89. The zero-order valence-corrected chi connectivity index (χ0v) is 20.6. The molecule has 2 heterocycles. The molecule has 1 aromatic heterocycles. The lowest BCUT2D eigenvalue weighted by Gasteiger charge is -2.28. The predicted molar refractivity (Wildman–Crippen MR) is 133 cm³/mol. The first-order valence-electron chi connectivity index (χ1n) is 11.1. The van der Waals surface area contributed by atoms with E-state index in [-0.39, 0.29) is 0 Å². The number of carbonyl (C=O) groups is 1. The highest BCUT2D eigenvalue weighted by atomic mass is 32.2. The van der Waals surface area contributed by atoms with Crippen molar-refractivity contribution in [2.45, 2.75) is 45.0 Å². The smallest absolute Gasteiger partial charge is 0.248 e. The van der Waals surface area contributed by atoms with Crippen molar-refractivity contribution in [3.05, 3.63) is 70.4 Å². The van der Waals surface area contributed by atoms with Crippen molar-refractivity contribution in [1.29, 1.82) is 0 Å². The number of anilines is 1. The number of nitrogens with two attached hydrogens (primary N) is 1. The summed E-state index contributed by atoms with van der Waals surface area (Å²) in [6.07, 6.45) is 1.01. The molecule has 3 aromatic rings. The first-order chi connectivity index (χ1) is 16.4. The highest BCUT2D eigenvalue weighted by Gasteiger charge is 2.33. The number of allylic oxidation sites excluding steroid dienone is 1. The zero-order chi connectivity index (χ0) is 24.2. The van der Waals surface area contributed by atoms with Crippen LogP contribution in [0.4, 0.5) is 5.95 Å². The number of hydrogen-bond acceptors (Lipinski definition) is 7. The van der Waals surface area contributed by atoms with Crippen LogP contribution >= 0.6 is 11.8 Å². The first-order valence-corrected chi connectivity index (χ1v) is 12.1. The van der Waals surface area contributed by atoms with E-state index in [1.165, 1.54) is 5.56 Å². The Kier molecular flexibility index (Phi) is 7.12. The molecule has 0 saturated carbocycles. The Hall–Kier alpha value is -3.46. The predicted octanol–water partition coefficient (Wildman–Crippen LogP) is 4.45. The number of aryl methyl sites for hydroxylation is 1. The molecular formula is C25H29N5O3S. The van der Waals surface area contributed by atoms with E-state index in [1.54, 1.807) is 23.6 Å². The Bertz CT molecular complexity index is 1240. The van der Waals surface area contributed by atoms with Gasteiger partial charge in [-0.2, -0.15) is 4.98 Å². The Morgan fingerprint density at radius 2 is 2.03 bits per heavy atom. The normalized spacial score (nSPS) is 15.0. The van der Waals surface area contributed by atoms with Gasteiger partial charge in [0, 0.05) is 11.4 Å². The number of ether oxygens (including phenoxy) is 2. The van der Waals surface area contributed by atoms with Crippen molar-refractivity contribution in [3.8, 4) is 11.5 Å². The van der Waals surface area contributed by atoms with Crippen molar-refractivity contribution >= 4 is 23.6 Å². The molecule has 34 heavy (non-hydrogen) atoms. The zero-order valence-electron chi connectivity index (χ0n) is 19.8. The average molecular weight is 480 g/mol. The standard InChI is InChI=1S/C25H29N5O3S/c1-5-11-34-25-28-24-27-16(3)21(23(26)31)22(30(24)29-25)18-9-10-19(20(13-18)32-4)33-14-17-8-6-7-15(2)12-17/h6-10,12-13,22H,5,11,14H2,1-4H3,(H2,26,31)(H,27,28,29). The second-order valence-electron chi connectivity index (χ2n) is 8.13. The number of aromatic nitrogens is 3. The van der Waals surface area contributed by atoms with E-state index in [0.29, 0.717) is 40.5 Å². The molecule has 0 spiro atoms.